The Balaban J connectivity index is 1.70. The van der Waals surface area contributed by atoms with Crippen molar-refractivity contribution >= 4 is 16.9 Å². The van der Waals surface area contributed by atoms with E-state index in [4.69, 9.17) is 10.8 Å². The Morgan fingerprint density at radius 1 is 1.00 bits per heavy atom. The zero-order valence-corrected chi connectivity index (χ0v) is 15.5. The van der Waals surface area contributed by atoms with Crippen molar-refractivity contribution in [3.8, 4) is 16.8 Å². The molecule has 0 aliphatic heterocycles. The average molecular weight is 373 g/mol. The van der Waals surface area contributed by atoms with E-state index in [-0.39, 0.29) is 6.61 Å². The van der Waals surface area contributed by atoms with Gasteiger partial charge in [-0.2, -0.15) is 0 Å². The van der Waals surface area contributed by atoms with Crippen molar-refractivity contribution in [2.75, 3.05) is 18.9 Å². The summed E-state index contributed by atoms with van der Waals surface area (Å²) in [4.78, 5) is 8.68. The Morgan fingerprint density at radius 3 is 2.54 bits per heavy atom. The number of aliphatic hydroxyl groups excluding tert-OH is 1. The van der Waals surface area contributed by atoms with Gasteiger partial charge in [0.05, 0.1) is 5.39 Å². The molecule has 0 fully saturated rings. The topological polar surface area (TPSA) is 89.0 Å². The second-order valence-corrected chi connectivity index (χ2v) is 6.66. The van der Waals surface area contributed by atoms with Crippen LogP contribution in [0.3, 0.4) is 0 Å². The molecule has 0 bridgehead atoms. The maximum absolute atomic E-state index is 8.85. The molecule has 2 heterocycles. The van der Waals surface area contributed by atoms with Crippen LogP contribution in [-0.4, -0.2) is 32.8 Å². The predicted octanol–water partition coefficient (Wildman–Crippen LogP) is 3.14. The van der Waals surface area contributed by atoms with Crippen molar-refractivity contribution < 1.29 is 5.11 Å². The summed E-state index contributed by atoms with van der Waals surface area (Å²) in [5, 5.41) is 13.0. The highest BCUT2D eigenvalue weighted by Gasteiger charge is 2.15. The van der Waals surface area contributed by atoms with Crippen LogP contribution in [0.4, 0.5) is 5.82 Å². The van der Waals surface area contributed by atoms with Crippen LogP contribution < -0.4 is 11.1 Å². The molecular formula is C22H23N5O. The van der Waals surface area contributed by atoms with Crippen LogP contribution in [0, 0.1) is 0 Å². The minimum atomic E-state index is 0.210. The zero-order chi connectivity index (χ0) is 19.3. The van der Waals surface area contributed by atoms with Crippen LogP contribution in [0.2, 0.25) is 0 Å². The molecule has 0 atom stereocenters. The number of nitrogens with two attached hydrogens (primary N) is 1. The summed E-state index contributed by atoms with van der Waals surface area (Å²) < 4.78 is 2.05. The Hall–Kier alpha value is -3.22. The van der Waals surface area contributed by atoms with Crippen molar-refractivity contribution in [2.24, 2.45) is 0 Å². The summed E-state index contributed by atoms with van der Waals surface area (Å²) in [6, 6.07) is 18.5. The first-order chi connectivity index (χ1) is 13.8. The number of benzene rings is 2. The highest BCUT2D eigenvalue weighted by atomic mass is 16.3. The van der Waals surface area contributed by atoms with Gasteiger partial charge in [0, 0.05) is 30.6 Å². The van der Waals surface area contributed by atoms with Crippen LogP contribution in [0.15, 0.2) is 67.1 Å². The molecule has 2 aromatic heterocycles. The van der Waals surface area contributed by atoms with Crippen molar-refractivity contribution in [1.82, 2.24) is 19.9 Å². The third-order valence-corrected chi connectivity index (χ3v) is 4.75. The van der Waals surface area contributed by atoms with Crippen molar-refractivity contribution in [1.29, 1.82) is 0 Å². The van der Waals surface area contributed by atoms with Gasteiger partial charge in [-0.15, -0.1) is 0 Å². The molecule has 0 amide bonds. The molecule has 0 aliphatic carbocycles. The third-order valence-electron chi connectivity index (χ3n) is 4.75. The number of nitrogen functional groups attached to an aromatic ring is 1. The molecular weight excluding hydrogens is 350 g/mol. The molecule has 0 spiro atoms. The lowest BCUT2D eigenvalue weighted by Crippen LogP contribution is -2.15. The van der Waals surface area contributed by atoms with Gasteiger partial charge in [-0.05, 0) is 36.2 Å². The number of hydrogen-bond acceptors (Lipinski definition) is 5. The molecule has 0 saturated heterocycles. The molecule has 6 heteroatoms. The van der Waals surface area contributed by atoms with Crippen molar-refractivity contribution in [2.45, 2.75) is 13.0 Å². The summed E-state index contributed by atoms with van der Waals surface area (Å²) in [5.74, 6) is 0.479. The van der Waals surface area contributed by atoms with E-state index >= 15 is 0 Å². The summed E-state index contributed by atoms with van der Waals surface area (Å²) in [6.07, 6.45) is 4.33. The van der Waals surface area contributed by atoms with Gasteiger partial charge in [0.15, 0.2) is 5.65 Å². The molecule has 4 aromatic rings. The average Bonchev–Trinajstić information content (AvgIpc) is 3.13. The molecule has 0 aliphatic rings. The number of hydrogen-bond donors (Lipinski definition) is 3. The van der Waals surface area contributed by atoms with E-state index in [0.29, 0.717) is 5.82 Å². The highest BCUT2D eigenvalue weighted by molar-refractivity contribution is 6.01. The van der Waals surface area contributed by atoms with Crippen LogP contribution in [-0.2, 0) is 6.54 Å². The van der Waals surface area contributed by atoms with E-state index in [1.807, 2.05) is 18.2 Å². The number of nitrogens with one attached hydrogen (secondary N) is 1. The molecule has 0 radical (unpaired) electrons. The molecule has 2 aromatic carbocycles. The largest absolute Gasteiger partial charge is 0.396 e. The zero-order valence-electron chi connectivity index (χ0n) is 15.5. The molecule has 28 heavy (non-hydrogen) atoms. The first kappa shape index (κ1) is 18.2. The van der Waals surface area contributed by atoms with Crippen LogP contribution in [0.5, 0.6) is 0 Å². The number of aliphatic hydroxyl groups is 1. The Bertz CT molecular complexity index is 1060. The number of anilines is 1. The first-order valence-corrected chi connectivity index (χ1v) is 9.36. The summed E-state index contributed by atoms with van der Waals surface area (Å²) >= 11 is 0. The Kier molecular flexibility index (Phi) is 5.32. The van der Waals surface area contributed by atoms with Crippen LogP contribution in [0.25, 0.3) is 27.8 Å². The van der Waals surface area contributed by atoms with Gasteiger partial charge in [0.2, 0.25) is 0 Å². The minimum absolute atomic E-state index is 0.210. The monoisotopic (exact) mass is 373 g/mol. The van der Waals surface area contributed by atoms with Crippen molar-refractivity contribution in [3.05, 3.63) is 72.7 Å². The Morgan fingerprint density at radius 2 is 1.79 bits per heavy atom. The summed E-state index contributed by atoms with van der Waals surface area (Å²) in [5.41, 5.74) is 11.3. The molecule has 4 rings (SSSR count). The number of fused-ring (bicyclic) bond motifs is 1. The van der Waals surface area contributed by atoms with E-state index in [9.17, 15) is 0 Å². The fraction of sp³-hybridized carbons (Fsp3) is 0.182. The van der Waals surface area contributed by atoms with Gasteiger partial charge in [0.25, 0.3) is 0 Å². The first-order valence-electron chi connectivity index (χ1n) is 9.36. The number of nitrogens with zero attached hydrogens (tertiary/aromatic N) is 3. The predicted molar refractivity (Wildman–Crippen MR) is 112 cm³/mol. The van der Waals surface area contributed by atoms with E-state index in [0.717, 1.165) is 47.4 Å². The molecule has 142 valence electrons. The summed E-state index contributed by atoms with van der Waals surface area (Å²) in [7, 11) is 0. The lowest BCUT2D eigenvalue weighted by Gasteiger charge is -2.07. The minimum Gasteiger partial charge on any atom is -0.396 e. The van der Waals surface area contributed by atoms with Gasteiger partial charge in [0.1, 0.15) is 12.1 Å². The van der Waals surface area contributed by atoms with Gasteiger partial charge in [-0.3, -0.25) is 0 Å². The fourth-order valence-corrected chi connectivity index (χ4v) is 3.33. The lowest BCUT2D eigenvalue weighted by molar-refractivity contribution is 0.286. The van der Waals surface area contributed by atoms with Gasteiger partial charge in [-0.1, -0.05) is 42.5 Å². The summed E-state index contributed by atoms with van der Waals surface area (Å²) in [6.45, 7) is 1.79. The van der Waals surface area contributed by atoms with E-state index in [1.54, 1.807) is 0 Å². The quantitative estimate of drug-likeness (QED) is 0.433. The second-order valence-electron chi connectivity index (χ2n) is 6.66. The number of aromatic nitrogens is 3. The molecule has 0 unspecified atom stereocenters. The van der Waals surface area contributed by atoms with E-state index in [2.05, 4.69) is 62.4 Å². The maximum Gasteiger partial charge on any atom is 0.150 e. The second kappa shape index (κ2) is 8.21. The standard InChI is InChI=1S/C22H23N5O/c23-21-20-19(17-5-2-1-3-6-17)14-27(22(20)26-15-25-21)18-9-7-16(8-10-18)13-24-11-4-12-28/h1-3,5-10,14-15,24,28H,4,11-13H2,(H2,23,25,26). The van der Waals surface area contributed by atoms with Gasteiger partial charge < -0.3 is 20.7 Å². The lowest BCUT2D eigenvalue weighted by atomic mass is 10.1. The van der Waals surface area contributed by atoms with Crippen LogP contribution in [0.1, 0.15) is 12.0 Å². The van der Waals surface area contributed by atoms with E-state index < -0.39 is 0 Å². The fourth-order valence-electron chi connectivity index (χ4n) is 3.33. The molecule has 0 saturated carbocycles. The highest BCUT2D eigenvalue weighted by Crippen LogP contribution is 2.34. The SMILES string of the molecule is Nc1ncnc2c1c(-c1ccccc1)cn2-c1ccc(CNCCCO)cc1. The van der Waals surface area contributed by atoms with Gasteiger partial charge >= 0.3 is 0 Å². The van der Waals surface area contributed by atoms with Gasteiger partial charge in [-0.25, -0.2) is 9.97 Å². The molecule has 6 nitrogen and oxygen atoms in total. The maximum atomic E-state index is 8.85. The van der Waals surface area contributed by atoms with Crippen LogP contribution >= 0.6 is 0 Å². The third kappa shape index (κ3) is 3.60. The normalized spacial score (nSPS) is 11.2. The van der Waals surface area contributed by atoms with E-state index in [1.165, 1.54) is 11.9 Å². The van der Waals surface area contributed by atoms with Crippen molar-refractivity contribution in [3.63, 3.8) is 0 Å². The molecule has 4 N–H and O–H groups in total. The number of rotatable bonds is 7. The Labute approximate surface area is 163 Å². The smallest absolute Gasteiger partial charge is 0.150 e.